The van der Waals surface area contributed by atoms with E-state index < -0.39 is 0 Å². The number of Topliss-reactive ketones (excluding diaryl/α,β-unsaturated/α-hetero) is 1. The van der Waals surface area contributed by atoms with Crippen LogP contribution in [0.5, 0.6) is 5.75 Å². The zero-order valence-electron chi connectivity index (χ0n) is 14.9. The normalized spacial score (nSPS) is 13.6. The third-order valence-corrected chi connectivity index (χ3v) is 4.63. The molecule has 0 spiro atoms. The highest BCUT2D eigenvalue weighted by Crippen LogP contribution is 2.23. The van der Waals surface area contributed by atoms with Crippen LogP contribution in [0.3, 0.4) is 0 Å². The van der Waals surface area contributed by atoms with Crippen LogP contribution in [0.2, 0.25) is 0 Å². The maximum atomic E-state index is 12.9. The number of carbonyl (C=O) groups is 1. The molecule has 0 aliphatic heterocycles. The summed E-state index contributed by atoms with van der Waals surface area (Å²) in [6, 6.07) is 15.7. The van der Waals surface area contributed by atoms with Crippen LogP contribution >= 0.6 is 0 Å². The first-order chi connectivity index (χ1) is 12.1. The number of ether oxygens (including phenoxy) is 1. The maximum Gasteiger partial charge on any atom is 0.181 e. The first-order valence-electron chi connectivity index (χ1n) is 8.64. The standard InChI is InChI=1S/C21H24N2O2/c1-4-19(15-9-11-16(25-3)12-10-15)23-14(2)21(24)18-13-22-20-8-6-5-7-17(18)20/h5-14,19,22-23H,4H2,1-3H3/t14-,19-/m1/s1. The Bertz CT molecular complexity index is 852. The van der Waals surface area contributed by atoms with Crippen LogP contribution in [0.4, 0.5) is 0 Å². The summed E-state index contributed by atoms with van der Waals surface area (Å²) in [7, 11) is 1.66. The number of carbonyl (C=O) groups excluding carboxylic acids is 1. The van der Waals surface area contributed by atoms with Crippen molar-refractivity contribution in [2.24, 2.45) is 0 Å². The number of hydrogen-bond donors (Lipinski definition) is 2. The molecule has 0 aliphatic carbocycles. The Labute approximate surface area is 148 Å². The summed E-state index contributed by atoms with van der Waals surface area (Å²) in [6.07, 6.45) is 2.71. The Balaban J connectivity index is 1.77. The predicted octanol–water partition coefficient (Wildman–Crippen LogP) is 4.49. The maximum absolute atomic E-state index is 12.9. The first kappa shape index (κ1) is 17.2. The van der Waals surface area contributed by atoms with E-state index in [0.717, 1.165) is 34.2 Å². The van der Waals surface area contributed by atoms with E-state index in [-0.39, 0.29) is 17.9 Å². The Morgan fingerprint density at radius 2 is 1.88 bits per heavy atom. The molecule has 0 fully saturated rings. The van der Waals surface area contributed by atoms with Crippen LogP contribution in [0, 0.1) is 0 Å². The van der Waals surface area contributed by atoms with Gasteiger partial charge in [0.1, 0.15) is 5.75 Å². The molecular weight excluding hydrogens is 312 g/mol. The average Bonchev–Trinajstić information content (AvgIpc) is 3.09. The van der Waals surface area contributed by atoms with Gasteiger partial charge in [-0.3, -0.25) is 4.79 Å². The van der Waals surface area contributed by atoms with Crippen molar-refractivity contribution in [2.45, 2.75) is 32.4 Å². The lowest BCUT2D eigenvalue weighted by Gasteiger charge is -2.22. The molecule has 2 N–H and O–H groups in total. The number of methoxy groups -OCH3 is 1. The molecule has 2 atom stereocenters. The minimum absolute atomic E-state index is 0.101. The fourth-order valence-electron chi connectivity index (χ4n) is 3.17. The number of nitrogens with one attached hydrogen (secondary N) is 2. The first-order valence-corrected chi connectivity index (χ1v) is 8.64. The molecule has 3 rings (SSSR count). The number of fused-ring (bicyclic) bond motifs is 1. The van der Waals surface area contributed by atoms with Gasteiger partial charge >= 0.3 is 0 Å². The van der Waals surface area contributed by atoms with Gasteiger partial charge in [0.2, 0.25) is 0 Å². The van der Waals surface area contributed by atoms with Gasteiger partial charge in [0.15, 0.2) is 5.78 Å². The molecule has 4 heteroatoms. The van der Waals surface area contributed by atoms with Gasteiger partial charge in [0, 0.05) is 28.7 Å². The summed E-state index contributed by atoms with van der Waals surface area (Å²) < 4.78 is 5.21. The topological polar surface area (TPSA) is 54.1 Å². The summed E-state index contributed by atoms with van der Waals surface area (Å²) in [5.41, 5.74) is 2.88. The molecule has 0 radical (unpaired) electrons. The monoisotopic (exact) mass is 336 g/mol. The largest absolute Gasteiger partial charge is 0.497 e. The van der Waals surface area contributed by atoms with Crippen LogP contribution in [0.25, 0.3) is 10.9 Å². The number of H-pyrrole nitrogens is 1. The van der Waals surface area contributed by atoms with Crippen molar-refractivity contribution in [1.29, 1.82) is 0 Å². The molecule has 4 nitrogen and oxygen atoms in total. The third-order valence-electron chi connectivity index (χ3n) is 4.63. The minimum atomic E-state index is -0.272. The van der Waals surface area contributed by atoms with Gasteiger partial charge in [0.25, 0.3) is 0 Å². The van der Waals surface area contributed by atoms with Crippen LogP contribution in [-0.4, -0.2) is 23.9 Å². The number of para-hydroxylation sites is 1. The van der Waals surface area contributed by atoms with Crippen molar-refractivity contribution in [3.63, 3.8) is 0 Å². The van der Waals surface area contributed by atoms with E-state index in [4.69, 9.17) is 4.74 Å². The van der Waals surface area contributed by atoms with Crippen LogP contribution in [-0.2, 0) is 0 Å². The lowest BCUT2D eigenvalue weighted by Crippen LogP contribution is -2.36. The Kier molecular flexibility index (Phi) is 5.19. The van der Waals surface area contributed by atoms with Crippen molar-refractivity contribution < 1.29 is 9.53 Å². The third kappa shape index (κ3) is 3.59. The van der Waals surface area contributed by atoms with Gasteiger partial charge in [0.05, 0.1) is 13.2 Å². The highest BCUT2D eigenvalue weighted by molar-refractivity contribution is 6.10. The van der Waals surface area contributed by atoms with Gasteiger partial charge in [-0.15, -0.1) is 0 Å². The Morgan fingerprint density at radius 1 is 1.16 bits per heavy atom. The van der Waals surface area contributed by atoms with Crippen LogP contribution < -0.4 is 10.1 Å². The van der Waals surface area contributed by atoms with E-state index in [2.05, 4.69) is 17.2 Å². The quantitative estimate of drug-likeness (QED) is 0.625. The number of aromatic nitrogens is 1. The summed E-state index contributed by atoms with van der Waals surface area (Å²) >= 11 is 0. The molecule has 0 saturated carbocycles. The number of benzene rings is 2. The number of rotatable bonds is 7. The van der Waals surface area contributed by atoms with Gasteiger partial charge < -0.3 is 15.0 Å². The van der Waals surface area contributed by atoms with Crippen molar-refractivity contribution >= 4 is 16.7 Å². The van der Waals surface area contributed by atoms with Crippen LogP contribution in [0.1, 0.15) is 42.2 Å². The lowest BCUT2D eigenvalue weighted by molar-refractivity contribution is 0.0945. The van der Waals surface area contributed by atoms with Crippen molar-refractivity contribution in [3.05, 3.63) is 65.9 Å². The highest BCUT2D eigenvalue weighted by atomic mass is 16.5. The summed E-state index contributed by atoms with van der Waals surface area (Å²) in [5.74, 6) is 0.936. The molecular formula is C21H24N2O2. The van der Waals surface area contributed by atoms with Crippen molar-refractivity contribution in [3.8, 4) is 5.75 Å². The van der Waals surface area contributed by atoms with E-state index in [1.165, 1.54) is 0 Å². The molecule has 0 saturated heterocycles. The minimum Gasteiger partial charge on any atom is -0.497 e. The van der Waals surface area contributed by atoms with Gasteiger partial charge in [-0.05, 0) is 37.1 Å². The zero-order valence-corrected chi connectivity index (χ0v) is 14.9. The summed E-state index contributed by atoms with van der Waals surface area (Å²) in [5, 5.41) is 4.44. The molecule has 0 unspecified atom stereocenters. The number of ketones is 1. The summed E-state index contributed by atoms with van der Waals surface area (Å²) in [4.78, 5) is 16.1. The highest BCUT2D eigenvalue weighted by Gasteiger charge is 2.21. The molecule has 0 bridgehead atoms. The smallest absolute Gasteiger partial charge is 0.181 e. The van der Waals surface area contributed by atoms with Crippen molar-refractivity contribution in [1.82, 2.24) is 10.3 Å². The van der Waals surface area contributed by atoms with E-state index in [1.54, 1.807) is 13.3 Å². The van der Waals surface area contributed by atoms with E-state index in [9.17, 15) is 4.79 Å². The molecule has 3 aromatic rings. The molecule has 2 aromatic carbocycles. The van der Waals surface area contributed by atoms with Gasteiger partial charge in [-0.25, -0.2) is 0 Å². The van der Waals surface area contributed by atoms with Crippen molar-refractivity contribution in [2.75, 3.05) is 7.11 Å². The number of hydrogen-bond acceptors (Lipinski definition) is 3. The Hall–Kier alpha value is -2.59. The molecule has 1 heterocycles. The van der Waals surface area contributed by atoms with Gasteiger partial charge in [-0.2, -0.15) is 0 Å². The average molecular weight is 336 g/mol. The predicted molar refractivity (Wildman–Crippen MR) is 101 cm³/mol. The molecule has 130 valence electrons. The van der Waals surface area contributed by atoms with E-state index >= 15 is 0 Å². The zero-order chi connectivity index (χ0) is 17.8. The molecule has 0 aliphatic rings. The molecule has 1 aromatic heterocycles. The van der Waals surface area contributed by atoms with E-state index in [0.29, 0.717) is 0 Å². The second kappa shape index (κ2) is 7.53. The molecule has 0 amide bonds. The molecule has 25 heavy (non-hydrogen) atoms. The van der Waals surface area contributed by atoms with E-state index in [1.807, 2.05) is 55.5 Å². The second-order valence-electron chi connectivity index (χ2n) is 6.23. The SMILES string of the molecule is CC[C@@H](N[C@H](C)C(=O)c1c[nH]c2ccccc12)c1ccc(OC)cc1. The number of aromatic amines is 1. The van der Waals surface area contributed by atoms with Gasteiger partial charge in [-0.1, -0.05) is 37.3 Å². The lowest BCUT2D eigenvalue weighted by atomic mass is 10.00. The fraction of sp³-hybridized carbons (Fsp3) is 0.286. The fourth-order valence-corrected chi connectivity index (χ4v) is 3.17. The second-order valence-corrected chi connectivity index (χ2v) is 6.23. The Morgan fingerprint density at radius 3 is 2.56 bits per heavy atom. The van der Waals surface area contributed by atoms with Crippen LogP contribution in [0.15, 0.2) is 54.7 Å². The summed E-state index contributed by atoms with van der Waals surface area (Å²) in [6.45, 7) is 4.04.